The van der Waals surface area contributed by atoms with Crippen LogP contribution in [0.1, 0.15) is 72.1 Å². The Kier molecular flexibility index (Phi) is 4.32. The molecule has 0 aromatic carbocycles. The molecular weight excluding hydrogens is 331 g/mol. The smallest absolute Gasteiger partial charge is 0.305 e. The predicted molar refractivity (Wildman–Crippen MR) is 97.2 cm³/mol. The first-order valence-corrected chi connectivity index (χ1v) is 10.4. The second-order valence-corrected chi connectivity index (χ2v) is 9.52. The number of hydrogen-bond donors (Lipinski definition) is 0. The van der Waals surface area contributed by atoms with Crippen LogP contribution >= 0.6 is 0 Å². The Morgan fingerprint density at radius 1 is 1.23 bits per heavy atom. The van der Waals surface area contributed by atoms with Crippen molar-refractivity contribution in [3.8, 4) is 0 Å². The van der Waals surface area contributed by atoms with Crippen LogP contribution in [0.25, 0.3) is 0 Å². The van der Waals surface area contributed by atoms with Crippen molar-refractivity contribution < 1.29 is 18.7 Å². The number of alkyl halides is 1. The second kappa shape index (κ2) is 6.17. The summed E-state index contributed by atoms with van der Waals surface area (Å²) in [5, 5.41) is 0. The standard InChI is InChI=1S/C22H31FO3/c1-4-20(25)26-19-6-5-15-14-12-18(23)17-11-13(24)7-9-21(17,2)16(14)8-10-22(15,19)3/h11,14-16,18-19H,4-10,12H2,1-3H3/t14-,15-,16-,18-,19-,21+,22-/m0/s1. The summed E-state index contributed by atoms with van der Waals surface area (Å²) in [5.74, 6) is 1.18. The normalized spacial score (nSPS) is 47.5. The Morgan fingerprint density at radius 2 is 2.00 bits per heavy atom. The van der Waals surface area contributed by atoms with Crippen molar-refractivity contribution >= 4 is 11.8 Å². The minimum absolute atomic E-state index is 0.0170. The van der Waals surface area contributed by atoms with Crippen molar-refractivity contribution in [2.24, 2.45) is 28.6 Å². The molecule has 4 heteroatoms. The number of rotatable bonds is 2. The third-order valence-electron chi connectivity index (χ3n) is 8.41. The molecule has 4 aliphatic carbocycles. The van der Waals surface area contributed by atoms with Crippen LogP contribution in [-0.4, -0.2) is 24.0 Å². The van der Waals surface area contributed by atoms with E-state index >= 15 is 4.39 Å². The van der Waals surface area contributed by atoms with Gasteiger partial charge in [0.1, 0.15) is 12.3 Å². The molecule has 3 saturated carbocycles. The molecule has 0 N–H and O–H groups in total. The molecule has 144 valence electrons. The molecule has 0 unspecified atom stereocenters. The Balaban J connectivity index is 1.63. The minimum atomic E-state index is -0.995. The third-order valence-corrected chi connectivity index (χ3v) is 8.41. The van der Waals surface area contributed by atoms with Crippen molar-refractivity contribution in [2.45, 2.75) is 84.4 Å². The summed E-state index contributed by atoms with van der Waals surface area (Å²) in [5.41, 5.74) is 0.578. The number of allylic oxidation sites excluding steroid dienone is 1. The summed E-state index contributed by atoms with van der Waals surface area (Å²) < 4.78 is 20.9. The number of hydrogen-bond acceptors (Lipinski definition) is 3. The Hall–Kier alpha value is -1.19. The van der Waals surface area contributed by atoms with Gasteiger partial charge in [0.15, 0.2) is 5.78 Å². The molecule has 0 bridgehead atoms. The molecule has 0 amide bonds. The molecule has 0 saturated heterocycles. The van der Waals surface area contributed by atoms with Gasteiger partial charge in [0, 0.05) is 18.3 Å². The first-order valence-electron chi connectivity index (χ1n) is 10.4. The molecule has 4 rings (SSSR count). The second-order valence-electron chi connectivity index (χ2n) is 9.52. The van der Waals surface area contributed by atoms with Crippen molar-refractivity contribution in [3.63, 3.8) is 0 Å². The van der Waals surface area contributed by atoms with Crippen LogP contribution < -0.4 is 0 Å². The van der Waals surface area contributed by atoms with E-state index < -0.39 is 6.17 Å². The van der Waals surface area contributed by atoms with E-state index in [4.69, 9.17) is 4.74 Å². The third kappa shape index (κ3) is 2.51. The van der Waals surface area contributed by atoms with Gasteiger partial charge in [-0.25, -0.2) is 4.39 Å². The quantitative estimate of drug-likeness (QED) is 0.664. The molecule has 3 fully saturated rings. The molecule has 0 aliphatic heterocycles. The highest BCUT2D eigenvalue weighted by Gasteiger charge is 2.61. The minimum Gasteiger partial charge on any atom is -0.462 e. The van der Waals surface area contributed by atoms with Crippen LogP contribution in [-0.2, 0) is 14.3 Å². The maximum atomic E-state index is 15.1. The number of esters is 1. The SMILES string of the molecule is CCC(=O)O[C@H]1CC[C@H]2[C@@H]3C[C@H](F)C4=CC(=O)CC[C@]4(C)[C@H]3CC[C@]12C. The highest BCUT2D eigenvalue weighted by atomic mass is 19.1. The number of carbonyl (C=O) groups excluding carboxylic acids is 2. The predicted octanol–water partition coefficient (Wildman–Crippen LogP) is 4.79. The van der Waals surface area contributed by atoms with E-state index in [1.54, 1.807) is 6.08 Å². The van der Waals surface area contributed by atoms with Gasteiger partial charge in [-0.1, -0.05) is 20.8 Å². The molecule has 0 spiro atoms. The first kappa shape index (κ1) is 18.2. The molecule has 4 aliphatic rings. The maximum Gasteiger partial charge on any atom is 0.305 e. The van der Waals surface area contributed by atoms with E-state index in [-0.39, 0.29) is 28.7 Å². The molecule has 7 atom stereocenters. The van der Waals surface area contributed by atoms with Crippen LogP contribution in [0.5, 0.6) is 0 Å². The molecule has 0 radical (unpaired) electrons. The van der Waals surface area contributed by atoms with Crippen LogP contribution in [0.15, 0.2) is 11.6 Å². The highest BCUT2D eigenvalue weighted by molar-refractivity contribution is 5.91. The van der Waals surface area contributed by atoms with Gasteiger partial charge in [0.05, 0.1) is 0 Å². The Labute approximate surface area is 155 Å². The van der Waals surface area contributed by atoms with Gasteiger partial charge in [-0.05, 0) is 73.3 Å². The van der Waals surface area contributed by atoms with Crippen molar-refractivity contribution in [1.82, 2.24) is 0 Å². The van der Waals surface area contributed by atoms with E-state index in [2.05, 4.69) is 13.8 Å². The summed E-state index contributed by atoms with van der Waals surface area (Å²) in [7, 11) is 0. The number of ether oxygens (including phenoxy) is 1. The van der Waals surface area contributed by atoms with Crippen molar-refractivity contribution in [2.75, 3.05) is 0 Å². The number of carbonyl (C=O) groups is 2. The fourth-order valence-electron chi connectivity index (χ4n) is 6.95. The zero-order chi connectivity index (χ0) is 18.7. The average molecular weight is 362 g/mol. The summed E-state index contributed by atoms with van der Waals surface area (Å²) in [4.78, 5) is 23.7. The number of halogens is 1. The maximum absolute atomic E-state index is 15.1. The molecular formula is C22H31FO3. The Morgan fingerprint density at radius 3 is 2.73 bits per heavy atom. The van der Waals surface area contributed by atoms with E-state index in [0.29, 0.717) is 37.0 Å². The van der Waals surface area contributed by atoms with Crippen LogP contribution in [0, 0.1) is 28.6 Å². The average Bonchev–Trinajstić information content (AvgIpc) is 2.93. The lowest BCUT2D eigenvalue weighted by atomic mass is 9.47. The lowest BCUT2D eigenvalue weighted by molar-refractivity contribution is -0.160. The van der Waals surface area contributed by atoms with Crippen LogP contribution in [0.2, 0.25) is 0 Å². The van der Waals surface area contributed by atoms with Gasteiger partial charge in [-0.3, -0.25) is 9.59 Å². The molecule has 0 aromatic heterocycles. The number of ketones is 1. The van der Waals surface area contributed by atoms with Crippen molar-refractivity contribution in [3.05, 3.63) is 11.6 Å². The van der Waals surface area contributed by atoms with E-state index in [9.17, 15) is 9.59 Å². The number of fused-ring (bicyclic) bond motifs is 5. The lowest BCUT2D eigenvalue weighted by Gasteiger charge is -2.58. The van der Waals surface area contributed by atoms with Gasteiger partial charge in [-0.2, -0.15) is 0 Å². The zero-order valence-electron chi connectivity index (χ0n) is 16.2. The molecule has 26 heavy (non-hydrogen) atoms. The fourth-order valence-corrected chi connectivity index (χ4v) is 6.95. The van der Waals surface area contributed by atoms with Gasteiger partial charge < -0.3 is 4.74 Å². The topological polar surface area (TPSA) is 43.4 Å². The van der Waals surface area contributed by atoms with Gasteiger partial charge in [0.2, 0.25) is 0 Å². The van der Waals surface area contributed by atoms with E-state index in [1.165, 1.54) is 0 Å². The summed E-state index contributed by atoms with van der Waals surface area (Å²) in [6, 6.07) is 0. The van der Waals surface area contributed by atoms with E-state index in [1.807, 2.05) is 6.92 Å². The summed E-state index contributed by atoms with van der Waals surface area (Å²) in [6.45, 7) is 6.29. The summed E-state index contributed by atoms with van der Waals surface area (Å²) in [6.07, 6.45) is 6.92. The molecule has 3 nitrogen and oxygen atoms in total. The van der Waals surface area contributed by atoms with Crippen LogP contribution in [0.4, 0.5) is 4.39 Å². The van der Waals surface area contributed by atoms with E-state index in [0.717, 1.165) is 37.7 Å². The zero-order valence-corrected chi connectivity index (χ0v) is 16.2. The fraction of sp³-hybridized carbons (Fsp3) is 0.818. The molecule has 0 heterocycles. The van der Waals surface area contributed by atoms with Gasteiger partial charge >= 0.3 is 5.97 Å². The van der Waals surface area contributed by atoms with Gasteiger partial charge in [0.25, 0.3) is 0 Å². The van der Waals surface area contributed by atoms with Crippen LogP contribution in [0.3, 0.4) is 0 Å². The lowest BCUT2D eigenvalue weighted by Crippen LogP contribution is -2.54. The first-order chi connectivity index (χ1) is 12.3. The monoisotopic (exact) mass is 362 g/mol. The molecule has 0 aromatic rings. The summed E-state index contributed by atoms with van der Waals surface area (Å²) >= 11 is 0. The largest absolute Gasteiger partial charge is 0.462 e. The highest BCUT2D eigenvalue weighted by Crippen LogP contribution is 2.66. The van der Waals surface area contributed by atoms with Crippen molar-refractivity contribution in [1.29, 1.82) is 0 Å². The van der Waals surface area contributed by atoms with Gasteiger partial charge in [-0.15, -0.1) is 0 Å². The Bertz CT molecular complexity index is 656.